The number of nitrogens with zero attached hydrogens (tertiary/aromatic N) is 2. The lowest BCUT2D eigenvalue weighted by molar-refractivity contribution is -0.127. The number of likely N-dealkylation sites (N-methyl/N-ethyl adjacent to an activating group) is 1. The number of ether oxygens (including phenoxy) is 2. The van der Waals surface area contributed by atoms with Crippen molar-refractivity contribution in [2.45, 2.75) is 19.6 Å². The number of anilines is 1. The van der Waals surface area contributed by atoms with Crippen molar-refractivity contribution in [1.29, 1.82) is 0 Å². The van der Waals surface area contributed by atoms with Gasteiger partial charge in [-0.3, -0.25) is 4.79 Å². The SMILES string of the molecule is COc1ccc(O[C@H](C)C(=O)NCc2ccc(N3CCN(C)CC3)cc2)cc1. The molecule has 2 aromatic carbocycles. The van der Waals surface area contributed by atoms with Crippen LogP contribution in [0.15, 0.2) is 48.5 Å². The summed E-state index contributed by atoms with van der Waals surface area (Å²) in [6, 6.07) is 15.6. The molecule has 0 aromatic heterocycles. The predicted octanol–water partition coefficient (Wildman–Crippen LogP) is 2.53. The fraction of sp³-hybridized carbons (Fsp3) is 0.409. The number of methoxy groups -OCH3 is 1. The van der Waals surface area contributed by atoms with Crippen LogP contribution in [0.1, 0.15) is 12.5 Å². The first-order chi connectivity index (χ1) is 13.5. The van der Waals surface area contributed by atoms with Crippen LogP contribution in [0.25, 0.3) is 0 Å². The maximum atomic E-state index is 12.3. The molecule has 1 N–H and O–H groups in total. The molecule has 1 aliphatic heterocycles. The van der Waals surface area contributed by atoms with Crippen molar-refractivity contribution in [2.24, 2.45) is 0 Å². The fourth-order valence-corrected chi connectivity index (χ4v) is 3.13. The second-order valence-electron chi connectivity index (χ2n) is 7.11. The summed E-state index contributed by atoms with van der Waals surface area (Å²) < 4.78 is 10.8. The highest BCUT2D eigenvalue weighted by Gasteiger charge is 2.16. The van der Waals surface area contributed by atoms with Crippen LogP contribution in [-0.4, -0.2) is 57.2 Å². The number of piperazine rings is 1. The molecule has 3 rings (SSSR count). The third kappa shape index (κ3) is 5.39. The second kappa shape index (κ2) is 9.46. The van der Waals surface area contributed by atoms with E-state index in [1.54, 1.807) is 26.2 Å². The Morgan fingerprint density at radius 2 is 1.61 bits per heavy atom. The number of nitrogens with one attached hydrogen (secondary N) is 1. The van der Waals surface area contributed by atoms with Gasteiger partial charge < -0.3 is 24.6 Å². The first-order valence-electron chi connectivity index (χ1n) is 9.66. The number of benzene rings is 2. The molecule has 1 amide bonds. The van der Waals surface area contributed by atoms with Crippen LogP contribution in [-0.2, 0) is 11.3 Å². The number of hydrogen-bond acceptors (Lipinski definition) is 5. The lowest BCUT2D eigenvalue weighted by Gasteiger charge is -2.34. The summed E-state index contributed by atoms with van der Waals surface area (Å²) in [4.78, 5) is 17.1. The molecule has 1 fully saturated rings. The summed E-state index contributed by atoms with van der Waals surface area (Å²) in [5, 5.41) is 2.94. The smallest absolute Gasteiger partial charge is 0.261 e. The molecule has 6 nitrogen and oxygen atoms in total. The van der Waals surface area contributed by atoms with E-state index in [2.05, 4.69) is 46.4 Å². The van der Waals surface area contributed by atoms with Gasteiger partial charge in [0.1, 0.15) is 11.5 Å². The van der Waals surface area contributed by atoms with Crippen LogP contribution in [0.3, 0.4) is 0 Å². The van der Waals surface area contributed by atoms with E-state index >= 15 is 0 Å². The van der Waals surface area contributed by atoms with E-state index in [4.69, 9.17) is 9.47 Å². The number of hydrogen-bond donors (Lipinski definition) is 1. The molecule has 1 atom stereocenters. The summed E-state index contributed by atoms with van der Waals surface area (Å²) in [6.07, 6.45) is -0.571. The van der Waals surface area contributed by atoms with Gasteiger partial charge in [-0.05, 0) is 55.9 Å². The molecular formula is C22H29N3O3. The number of carbonyl (C=O) groups is 1. The van der Waals surface area contributed by atoms with E-state index in [1.165, 1.54) is 5.69 Å². The Labute approximate surface area is 167 Å². The highest BCUT2D eigenvalue weighted by Crippen LogP contribution is 2.19. The Morgan fingerprint density at radius 1 is 1.00 bits per heavy atom. The molecule has 0 radical (unpaired) electrons. The van der Waals surface area contributed by atoms with E-state index in [1.807, 2.05) is 12.1 Å². The summed E-state index contributed by atoms with van der Waals surface area (Å²) in [6.45, 7) is 6.50. The molecule has 150 valence electrons. The van der Waals surface area contributed by atoms with Crippen LogP contribution in [0.2, 0.25) is 0 Å². The highest BCUT2D eigenvalue weighted by atomic mass is 16.5. The third-order valence-electron chi connectivity index (χ3n) is 5.01. The Kier molecular flexibility index (Phi) is 6.76. The first kappa shape index (κ1) is 20.0. The zero-order valence-corrected chi connectivity index (χ0v) is 16.9. The molecule has 0 bridgehead atoms. The molecule has 0 unspecified atom stereocenters. The molecule has 6 heteroatoms. The van der Waals surface area contributed by atoms with Crippen molar-refractivity contribution in [3.8, 4) is 11.5 Å². The van der Waals surface area contributed by atoms with Crippen molar-refractivity contribution in [2.75, 3.05) is 45.2 Å². The molecule has 1 aliphatic rings. The summed E-state index contributed by atoms with van der Waals surface area (Å²) >= 11 is 0. The largest absolute Gasteiger partial charge is 0.497 e. The molecule has 0 spiro atoms. The van der Waals surface area contributed by atoms with Crippen LogP contribution < -0.4 is 19.7 Å². The van der Waals surface area contributed by atoms with Gasteiger partial charge in [-0.2, -0.15) is 0 Å². The predicted molar refractivity (Wildman–Crippen MR) is 111 cm³/mol. The van der Waals surface area contributed by atoms with Gasteiger partial charge in [0.25, 0.3) is 5.91 Å². The van der Waals surface area contributed by atoms with Crippen molar-refractivity contribution >= 4 is 11.6 Å². The van der Waals surface area contributed by atoms with Gasteiger partial charge in [0.15, 0.2) is 6.10 Å². The van der Waals surface area contributed by atoms with Crippen LogP contribution in [0, 0.1) is 0 Å². The van der Waals surface area contributed by atoms with Gasteiger partial charge in [-0.15, -0.1) is 0 Å². The minimum absolute atomic E-state index is 0.140. The average Bonchev–Trinajstić information content (AvgIpc) is 2.73. The van der Waals surface area contributed by atoms with E-state index in [0.29, 0.717) is 12.3 Å². The lowest BCUT2D eigenvalue weighted by atomic mass is 10.1. The Hall–Kier alpha value is -2.73. The van der Waals surface area contributed by atoms with Crippen molar-refractivity contribution in [3.05, 3.63) is 54.1 Å². The third-order valence-corrected chi connectivity index (χ3v) is 5.01. The zero-order valence-electron chi connectivity index (χ0n) is 16.9. The first-order valence-corrected chi connectivity index (χ1v) is 9.66. The van der Waals surface area contributed by atoms with Gasteiger partial charge in [-0.25, -0.2) is 0 Å². The zero-order chi connectivity index (χ0) is 19.9. The maximum Gasteiger partial charge on any atom is 0.261 e. The molecule has 28 heavy (non-hydrogen) atoms. The van der Waals surface area contributed by atoms with Crippen LogP contribution in [0.4, 0.5) is 5.69 Å². The van der Waals surface area contributed by atoms with Gasteiger partial charge in [0, 0.05) is 38.4 Å². The lowest BCUT2D eigenvalue weighted by Crippen LogP contribution is -2.44. The molecule has 0 aliphatic carbocycles. The number of carbonyl (C=O) groups excluding carboxylic acids is 1. The highest BCUT2D eigenvalue weighted by molar-refractivity contribution is 5.80. The topological polar surface area (TPSA) is 54.0 Å². The summed E-state index contributed by atoms with van der Waals surface area (Å²) in [5.74, 6) is 1.25. The van der Waals surface area contributed by atoms with Gasteiger partial charge in [-0.1, -0.05) is 12.1 Å². The monoisotopic (exact) mass is 383 g/mol. The Balaban J connectivity index is 1.46. The Bertz CT molecular complexity index is 754. The molecule has 1 saturated heterocycles. The normalized spacial score (nSPS) is 15.8. The Morgan fingerprint density at radius 3 is 2.21 bits per heavy atom. The average molecular weight is 383 g/mol. The summed E-state index contributed by atoms with van der Waals surface area (Å²) in [7, 11) is 3.77. The molecule has 0 saturated carbocycles. The second-order valence-corrected chi connectivity index (χ2v) is 7.11. The number of amides is 1. The number of rotatable bonds is 7. The summed E-state index contributed by atoms with van der Waals surface area (Å²) in [5.41, 5.74) is 2.31. The van der Waals surface area contributed by atoms with Gasteiger partial charge in [0.2, 0.25) is 0 Å². The molecular weight excluding hydrogens is 354 g/mol. The van der Waals surface area contributed by atoms with E-state index < -0.39 is 6.10 Å². The van der Waals surface area contributed by atoms with Crippen molar-refractivity contribution < 1.29 is 14.3 Å². The van der Waals surface area contributed by atoms with Crippen molar-refractivity contribution in [3.63, 3.8) is 0 Å². The van der Waals surface area contributed by atoms with E-state index in [0.717, 1.165) is 37.5 Å². The fourth-order valence-electron chi connectivity index (χ4n) is 3.13. The molecule has 1 heterocycles. The van der Waals surface area contributed by atoms with Crippen molar-refractivity contribution in [1.82, 2.24) is 10.2 Å². The van der Waals surface area contributed by atoms with E-state index in [9.17, 15) is 4.79 Å². The van der Waals surface area contributed by atoms with E-state index in [-0.39, 0.29) is 5.91 Å². The van der Waals surface area contributed by atoms with Gasteiger partial charge in [0.05, 0.1) is 7.11 Å². The minimum Gasteiger partial charge on any atom is -0.497 e. The molecule has 2 aromatic rings. The van der Waals surface area contributed by atoms with Gasteiger partial charge >= 0.3 is 0 Å². The van der Waals surface area contributed by atoms with Crippen LogP contribution >= 0.6 is 0 Å². The maximum absolute atomic E-state index is 12.3. The minimum atomic E-state index is -0.571. The standard InChI is InChI=1S/C22H29N3O3/c1-17(28-21-10-8-20(27-3)9-11-21)22(26)23-16-18-4-6-19(7-5-18)25-14-12-24(2)13-15-25/h4-11,17H,12-16H2,1-3H3,(H,23,26)/t17-/m1/s1. The quantitative estimate of drug-likeness (QED) is 0.796. The van der Waals surface area contributed by atoms with Crippen LogP contribution in [0.5, 0.6) is 11.5 Å².